The lowest BCUT2D eigenvalue weighted by Crippen LogP contribution is -2.30. The maximum absolute atomic E-state index is 11.1. The van der Waals surface area contributed by atoms with Crippen LogP contribution in [0.25, 0.3) is 0 Å². The van der Waals surface area contributed by atoms with Crippen molar-refractivity contribution >= 4 is 17.3 Å². The second kappa shape index (κ2) is 4.48. The second-order valence-electron chi connectivity index (χ2n) is 2.81. The lowest BCUT2D eigenvalue weighted by molar-refractivity contribution is 0.0953. The van der Waals surface area contributed by atoms with Gasteiger partial charge < -0.3 is 11.1 Å². The maximum Gasteiger partial charge on any atom is 0.265 e. The van der Waals surface area contributed by atoms with E-state index in [2.05, 4.69) is 5.32 Å². The molecule has 5 nitrogen and oxygen atoms in total. The van der Waals surface area contributed by atoms with E-state index >= 15 is 0 Å². The molecule has 0 aliphatic heterocycles. The highest BCUT2D eigenvalue weighted by Crippen LogP contribution is 2.19. The van der Waals surface area contributed by atoms with E-state index in [1.54, 1.807) is 18.2 Å². The van der Waals surface area contributed by atoms with Crippen LogP contribution in [0, 0.1) is 0 Å². The van der Waals surface area contributed by atoms with Crippen molar-refractivity contribution in [3.05, 3.63) is 23.8 Å². The molecule has 76 valence electrons. The molecule has 0 aromatic heterocycles. The van der Waals surface area contributed by atoms with Gasteiger partial charge in [0.15, 0.2) is 0 Å². The number of hydrogen-bond acceptors (Lipinski definition) is 4. The molecule has 1 aromatic rings. The molecule has 5 heteroatoms. The van der Waals surface area contributed by atoms with Gasteiger partial charge >= 0.3 is 0 Å². The van der Waals surface area contributed by atoms with E-state index in [4.69, 9.17) is 11.6 Å². The first kappa shape index (κ1) is 10.3. The predicted octanol–water partition coefficient (Wildman–Crippen LogP) is 0.304. The monoisotopic (exact) mass is 194 g/mol. The quantitative estimate of drug-likeness (QED) is 0.241. The normalized spacial score (nSPS) is 9.57. The third-order valence-electron chi connectivity index (χ3n) is 1.81. The van der Waals surface area contributed by atoms with E-state index in [1.165, 1.54) is 0 Å². The van der Waals surface area contributed by atoms with Crippen LogP contribution in [0.5, 0.6) is 0 Å². The van der Waals surface area contributed by atoms with E-state index in [1.807, 2.05) is 12.3 Å². The van der Waals surface area contributed by atoms with Gasteiger partial charge in [0, 0.05) is 12.1 Å². The van der Waals surface area contributed by atoms with Crippen LogP contribution in [0.3, 0.4) is 0 Å². The molecule has 0 atom stereocenters. The first-order valence-electron chi connectivity index (χ1n) is 4.33. The molecule has 0 aliphatic rings. The van der Waals surface area contributed by atoms with E-state index in [0.29, 0.717) is 11.3 Å². The number of nitrogens with one attached hydrogen (secondary N) is 2. The molecule has 6 N–H and O–H groups in total. The summed E-state index contributed by atoms with van der Waals surface area (Å²) in [7, 11) is 0. The SMILES string of the molecule is CCNc1ccc(C(=O)NN)cc1N. The van der Waals surface area contributed by atoms with Crippen LogP contribution < -0.4 is 22.3 Å². The average molecular weight is 194 g/mol. The van der Waals surface area contributed by atoms with E-state index in [0.717, 1.165) is 12.2 Å². The molecule has 0 fully saturated rings. The molecular formula is C9H14N4O. The standard InChI is InChI=1S/C9H14N4O/c1-2-12-8-4-3-6(5-7(8)10)9(14)13-11/h3-5,12H,2,10-11H2,1H3,(H,13,14). The number of nitrogens with two attached hydrogens (primary N) is 2. The van der Waals surface area contributed by atoms with E-state index in [9.17, 15) is 4.79 Å². The minimum Gasteiger partial charge on any atom is -0.397 e. The largest absolute Gasteiger partial charge is 0.397 e. The maximum atomic E-state index is 11.1. The first-order chi connectivity index (χ1) is 6.69. The predicted molar refractivity (Wildman–Crippen MR) is 56.7 cm³/mol. The van der Waals surface area contributed by atoms with Gasteiger partial charge in [0.05, 0.1) is 11.4 Å². The van der Waals surface area contributed by atoms with Crippen molar-refractivity contribution in [1.82, 2.24) is 5.43 Å². The number of hydrazine groups is 1. The number of amides is 1. The highest BCUT2D eigenvalue weighted by Gasteiger charge is 2.05. The van der Waals surface area contributed by atoms with Gasteiger partial charge in [0.1, 0.15) is 0 Å². The molecule has 0 heterocycles. The molecule has 0 aliphatic carbocycles. The van der Waals surface area contributed by atoms with Crippen molar-refractivity contribution in [3.63, 3.8) is 0 Å². The Labute approximate surface area is 82.4 Å². The Bertz CT molecular complexity index is 338. The van der Waals surface area contributed by atoms with Gasteiger partial charge in [-0.15, -0.1) is 0 Å². The fourth-order valence-corrected chi connectivity index (χ4v) is 1.14. The summed E-state index contributed by atoms with van der Waals surface area (Å²) in [5, 5.41) is 3.07. The lowest BCUT2D eigenvalue weighted by Gasteiger charge is -2.08. The van der Waals surface area contributed by atoms with Crippen molar-refractivity contribution in [3.8, 4) is 0 Å². The molecule has 0 unspecified atom stereocenters. The Balaban J connectivity index is 2.94. The van der Waals surface area contributed by atoms with Crippen molar-refractivity contribution < 1.29 is 4.79 Å². The number of hydrogen-bond donors (Lipinski definition) is 4. The Morgan fingerprint density at radius 2 is 2.21 bits per heavy atom. The third-order valence-corrected chi connectivity index (χ3v) is 1.81. The Hall–Kier alpha value is -1.75. The zero-order valence-electron chi connectivity index (χ0n) is 8.00. The highest BCUT2D eigenvalue weighted by atomic mass is 16.2. The molecule has 0 bridgehead atoms. The molecule has 1 rings (SSSR count). The minimum atomic E-state index is -0.347. The summed E-state index contributed by atoms with van der Waals surface area (Å²) in [6.07, 6.45) is 0. The smallest absolute Gasteiger partial charge is 0.265 e. The molecule has 14 heavy (non-hydrogen) atoms. The topological polar surface area (TPSA) is 93.2 Å². The highest BCUT2D eigenvalue weighted by molar-refractivity contribution is 5.95. The van der Waals surface area contributed by atoms with Crippen LogP contribution >= 0.6 is 0 Å². The zero-order chi connectivity index (χ0) is 10.6. The Morgan fingerprint density at radius 1 is 1.50 bits per heavy atom. The van der Waals surface area contributed by atoms with Crippen LogP contribution in [0.15, 0.2) is 18.2 Å². The zero-order valence-corrected chi connectivity index (χ0v) is 8.00. The van der Waals surface area contributed by atoms with Crippen LogP contribution in [-0.4, -0.2) is 12.5 Å². The van der Waals surface area contributed by atoms with Gasteiger partial charge in [0.25, 0.3) is 5.91 Å². The summed E-state index contributed by atoms with van der Waals surface area (Å²) >= 11 is 0. The number of anilines is 2. The van der Waals surface area contributed by atoms with Crippen molar-refractivity contribution in [2.24, 2.45) is 5.84 Å². The van der Waals surface area contributed by atoms with Gasteiger partial charge in [-0.05, 0) is 25.1 Å². The molecule has 0 radical (unpaired) electrons. The van der Waals surface area contributed by atoms with Gasteiger partial charge in [-0.25, -0.2) is 5.84 Å². The third kappa shape index (κ3) is 2.14. The fourth-order valence-electron chi connectivity index (χ4n) is 1.14. The summed E-state index contributed by atoms with van der Waals surface area (Å²) in [4.78, 5) is 11.1. The summed E-state index contributed by atoms with van der Waals surface area (Å²) in [5.74, 6) is 4.65. The molecule has 1 aromatic carbocycles. The molecule has 0 spiro atoms. The number of rotatable bonds is 3. The van der Waals surface area contributed by atoms with Gasteiger partial charge in [-0.1, -0.05) is 0 Å². The van der Waals surface area contributed by atoms with Crippen molar-refractivity contribution in [2.75, 3.05) is 17.6 Å². The van der Waals surface area contributed by atoms with Gasteiger partial charge in [-0.3, -0.25) is 10.2 Å². The molecule has 1 amide bonds. The number of nitrogen functional groups attached to an aromatic ring is 2. The fraction of sp³-hybridized carbons (Fsp3) is 0.222. The molecule has 0 saturated heterocycles. The van der Waals surface area contributed by atoms with Gasteiger partial charge in [0.2, 0.25) is 0 Å². The van der Waals surface area contributed by atoms with Crippen LogP contribution in [0.4, 0.5) is 11.4 Å². The minimum absolute atomic E-state index is 0.347. The van der Waals surface area contributed by atoms with Crippen molar-refractivity contribution in [2.45, 2.75) is 6.92 Å². The van der Waals surface area contributed by atoms with Crippen LogP contribution in [0.1, 0.15) is 17.3 Å². The van der Waals surface area contributed by atoms with Crippen molar-refractivity contribution in [1.29, 1.82) is 0 Å². The second-order valence-corrected chi connectivity index (χ2v) is 2.81. The summed E-state index contributed by atoms with van der Waals surface area (Å²) in [5.41, 5.74) is 9.57. The number of carbonyl (C=O) groups is 1. The van der Waals surface area contributed by atoms with E-state index in [-0.39, 0.29) is 5.91 Å². The first-order valence-corrected chi connectivity index (χ1v) is 4.33. The summed E-state index contributed by atoms with van der Waals surface area (Å²) in [6, 6.07) is 5.00. The Morgan fingerprint density at radius 3 is 2.71 bits per heavy atom. The summed E-state index contributed by atoms with van der Waals surface area (Å²) < 4.78 is 0. The summed E-state index contributed by atoms with van der Waals surface area (Å²) in [6.45, 7) is 2.76. The lowest BCUT2D eigenvalue weighted by atomic mass is 10.1. The number of benzene rings is 1. The van der Waals surface area contributed by atoms with Crippen LogP contribution in [0.2, 0.25) is 0 Å². The molecule has 0 saturated carbocycles. The molecular weight excluding hydrogens is 180 g/mol. The average Bonchev–Trinajstić information content (AvgIpc) is 2.20. The van der Waals surface area contributed by atoms with Gasteiger partial charge in [-0.2, -0.15) is 0 Å². The Kier molecular flexibility index (Phi) is 3.30. The van der Waals surface area contributed by atoms with Crippen LogP contribution in [-0.2, 0) is 0 Å². The van der Waals surface area contributed by atoms with E-state index < -0.39 is 0 Å². The number of carbonyl (C=O) groups excluding carboxylic acids is 1.